The number of carbonyl (C=O) groups is 2. The van der Waals surface area contributed by atoms with Crippen molar-refractivity contribution in [1.29, 1.82) is 0 Å². The molecular formula is C23H19Cl2NO6S. The van der Waals surface area contributed by atoms with Gasteiger partial charge in [0.15, 0.2) is 11.5 Å². The van der Waals surface area contributed by atoms with Gasteiger partial charge in [-0.05, 0) is 49.8 Å². The van der Waals surface area contributed by atoms with Crippen LogP contribution < -0.4 is 4.74 Å². The van der Waals surface area contributed by atoms with Gasteiger partial charge in [0.2, 0.25) is 0 Å². The van der Waals surface area contributed by atoms with Crippen LogP contribution in [0.1, 0.15) is 29.8 Å². The van der Waals surface area contributed by atoms with Crippen molar-refractivity contribution < 1.29 is 29.3 Å². The molecule has 1 aliphatic rings. The first-order valence-electron chi connectivity index (χ1n) is 9.80. The molecule has 0 fully saturated rings. The van der Waals surface area contributed by atoms with Crippen LogP contribution in [0.5, 0.6) is 11.5 Å². The van der Waals surface area contributed by atoms with Crippen molar-refractivity contribution >= 4 is 58.0 Å². The molecule has 0 bridgehead atoms. The first kappa shape index (κ1) is 24.7. The van der Waals surface area contributed by atoms with E-state index in [1.54, 1.807) is 32.0 Å². The van der Waals surface area contributed by atoms with Crippen LogP contribution in [-0.4, -0.2) is 40.3 Å². The van der Waals surface area contributed by atoms with Gasteiger partial charge in [0.1, 0.15) is 16.4 Å². The summed E-state index contributed by atoms with van der Waals surface area (Å²) in [5.74, 6) is -1.94. The van der Waals surface area contributed by atoms with Crippen molar-refractivity contribution in [1.82, 2.24) is 0 Å². The summed E-state index contributed by atoms with van der Waals surface area (Å²) in [7, 11) is 0. The summed E-state index contributed by atoms with van der Waals surface area (Å²) in [6, 6.07) is 9.36. The number of aliphatic hydroxyl groups is 1. The number of aliphatic imine (C=N–C) groups is 1. The zero-order valence-corrected chi connectivity index (χ0v) is 19.9. The minimum absolute atomic E-state index is 0.0305. The molecular weight excluding hydrogens is 489 g/mol. The van der Waals surface area contributed by atoms with Gasteiger partial charge in [0.05, 0.1) is 33.7 Å². The van der Waals surface area contributed by atoms with Crippen molar-refractivity contribution in [3.63, 3.8) is 0 Å². The predicted molar refractivity (Wildman–Crippen MR) is 129 cm³/mol. The summed E-state index contributed by atoms with van der Waals surface area (Å²) >= 11 is 13.1. The van der Waals surface area contributed by atoms with Crippen LogP contribution in [0, 0.1) is 0 Å². The summed E-state index contributed by atoms with van der Waals surface area (Å²) in [6.45, 7) is 3.74. The van der Waals surface area contributed by atoms with Gasteiger partial charge in [0.25, 0.3) is 5.91 Å². The number of rotatable bonds is 6. The van der Waals surface area contributed by atoms with E-state index in [2.05, 4.69) is 4.99 Å². The number of thioether (sulfide) groups is 1. The van der Waals surface area contributed by atoms with Gasteiger partial charge in [-0.3, -0.25) is 4.79 Å². The number of phenolic OH excluding ortho intramolecular Hbond substituents is 1. The molecule has 7 nitrogen and oxygen atoms in total. The predicted octanol–water partition coefficient (Wildman–Crippen LogP) is 5.80. The first-order valence-corrected chi connectivity index (χ1v) is 11.4. The standard InChI is InChI=1S/C23H19Cl2NO6S/c1-3-31-16-10-12(9-15(25)19(16)27)11-17-20(28)18(23(30)32-4-2)22(33-17)26-21(29)13-7-5-6-8-14(13)24/h5-11,27-28H,3-4H2,1-2H3/b17-11-,26-22?. The van der Waals surface area contributed by atoms with Crippen LogP contribution in [0.3, 0.4) is 0 Å². The number of hydrogen-bond acceptors (Lipinski definition) is 7. The maximum absolute atomic E-state index is 12.7. The molecule has 1 aliphatic heterocycles. The smallest absolute Gasteiger partial charge is 0.344 e. The van der Waals surface area contributed by atoms with Gasteiger partial charge < -0.3 is 19.7 Å². The highest BCUT2D eigenvalue weighted by atomic mass is 35.5. The van der Waals surface area contributed by atoms with E-state index in [4.69, 9.17) is 32.7 Å². The lowest BCUT2D eigenvalue weighted by Crippen LogP contribution is -2.14. The molecule has 172 valence electrons. The van der Waals surface area contributed by atoms with Gasteiger partial charge in [-0.15, -0.1) is 0 Å². The summed E-state index contributed by atoms with van der Waals surface area (Å²) < 4.78 is 10.4. The molecule has 2 aromatic rings. The number of carbonyl (C=O) groups excluding carboxylic acids is 2. The lowest BCUT2D eigenvalue weighted by molar-refractivity contribution is -0.138. The van der Waals surface area contributed by atoms with E-state index in [1.165, 1.54) is 24.3 Å². The van der Waals surface area contributed by atoms with Crippen molar-refractivity contribution in [2.45, 2.75) is 13.8 Å². The Bertz CT molecular complexity index is 1210. The van der Waals surface area contributed by atoms with Crippen LogP contribution in [-0.2, 0) is 9.53 Å². The third-order valence-corrected chi connectivity index (χ3v) is 5.96. The van der Waals surface area contributed by atoms with Crippen LogP contribution in [0.2, 0.25) is 10.0 Å². The third kappa shape index (κ3) is 5.52. The highest BCUT2D eigenvalue weighted by Gasteiger charge is 2.34. The average Bonchev–Trinajstić information content (AvgIpc) is 3.06. The van der Waals surface area contributed by atoms with E-state index in [0.29, 0.717) is 12.2 Å². The number of aromatic hydroxyl groups is 1. The summed E-state index contributed by atoms with van der Waals surface area (Å²) in [5.41, 5.74) is 0.402. The fourth-order valence-corrected chi connectivity index (χ4v) is 4.32. The van der Waals surface area contributed by atoms with E-state index in [1.807, 2.05) is 0 Å². The van der Waals surface area contributed by atoms with Crippen molar-refractivity contribution in [3.8, 4) is 11.5 Å². The number of ether oxygens (including phenoxy) is 2. The molecule has 1 heterocycles. The third-order valence-electron chi connectivity index (χ3n) is 4.33. The molecule has 2 N–H and O–H groups in total. The lowest BCUT2D eigenvalue weighted by atomic mass is 10.1. The molecule has 0 aromatic heterocycles. The number of phenols is 1. The lowest BCUT2D eigenvalue weighted by Gasteiger charge is -2.09. The minimum Gasteiger partial charge on any atom is -0.506 e. The Morgan fingerprint density at radius 1 is 1.09 bits per heavy atom. The summed E-state index contributed by atoms with van der Waals surface area (Å²) in [4.78, 5) is 29.5. The second-order valence-corrected chi connectivity index (χ2v) is 8.38. The highest BCUT2D eigenvalue weighted by Crippen LogP contribution is 2.41. The molecule has 0 atom stereocenters. The van der Waals surface area contributed by atoms with Crippen molar-refractivity contribution in [3.05, 3.63) is 73.8 Å². The normalized spacial score (nSPS) is 15.9. The molecule has 0 unspecified atom stereocenters. The highest BCUT2D eigenvalue weighted by molar-refractivity contribution is 8.18. The molecule has 0 radical (unpaired) electrons. The van der Waals surface area contributed by atoms with Gasteiger partial charge >= 0.3 is 5.97 Å². The second kappa shape index (κ2) is 10.8. The van der Waals surface area contributed by atoms with E-state index in [-0.39, 0.29) is 49.2 Å². The fourth-order valence-electron chi connectivity index (χ4n) is 2.87. The Morgan fingerprint density at radius 3 is 2.48 bits per heavy atom. The van der Waals surface area contributed by atoms with Gasteiger partial charge in [-0.25, -0.2) is 9.79 Å². The Labute approximate surface area is 204 Å². The number of benzene rings is 2. The second-order valence-electron chi connectivity index (χ2n) is 6.54. The molecule has 33 heavy (non-hydrogen) atoms. The van der Waals surface area contributed by atoms with Crippen molar-refractivity contribution in [2.75, 3.05) is 13.2 Å². The number of halogens is 2. The molecule has 0 spiro atoms. The molecule has 0 aliphatic carbocycles. The number of amides is 1. The topological polar surface area (TPSA) is 105 Å². The summed E-state index contributed by atoms with van der Waals surface area (Å²) in [6.07, 6.45) is 1.52. The first-order chi connectivity index (χ1) is 15.8. The molecule has 1 amide bonds. The maximum atomic E-state index is 12.7. The quantitative estimate of drug-likeness (QED) is 0.475. The summed E-state index contributed by atoms with van der Waals surface area (Å²) in [5, 5.41) is 21.0. The van der Waals surface area contributed by atoms with E-state index in [0.717, 1.165) is 11.8 Å². The molecule has 0 saturated heterocycles. The Balaban J connectivity index is 2.06. The van der Waals surface area contributed by atoms with E-state index in [9.17, 15) is 19.8 Å². The maximum Gasteiger partial charge on any atom is 0.344 e. The van der Waals surface area contributed by atoms with E-state index < -0.39 is 17.6 Å². The Hall–Kier alpha value is -2.94. The van der Waals surface area contributed by atoms with Gasteiger partial charge in [-0.2, -0.15) is 0 Å². The Morgan fingerprint density at radius 2 is 1.82 bits per heavy atom. The zero-order valence-electron chi connectivity index (χ0n) is 17.6. The average molecular weight is 508 g/mol. The number of esters is 1. The molecule has 3 rings (SSSR count). The minimum atomic E-state index is -0.824. The van der Waals surface area contributed by atoms with Gasteiger partial charge in [0, 0.05) is 0 Å². The Kier molecular flexibility index (Phi) is 8.07. The van der Waals surface area contributed by atoms with Crippen LogP contribution in [0.25, 0.3) is 6.08 Å². The SMILES string of the molecule is CCOC(=O)C1=C(O)/C(=C/c2cc(Cl)c(O)c(OCC)c2)SC1=NC(=O)c1ccccc1Cl. The van der Waals surface area contributed by atoms with Crippen LogP contribution in [0.15, 0.2) is 57.6 Å². The number of nitrogens with zero attached hydrogens (tertiary/aromatic N) is 1. The fraction of sp³-hybridized carbons (Fsp3) is 0.174. The van der Waals surface area contributed by atoms with E-state index >= 15 is 0 Å². The molecule has 10 heteroatoms. The zero-order chi connectivity index (χ0) is 24.1. The number of aliphatic hydroxyl groups excluding tert-OH is 1. The van der Waals surface area contributed by atoms with Crippen LogP contribution in [0.4, 0.5) is 0 Å². The van der Waals surface area contributed by atoms with Crippen LogP contribution >= 0.6 is 35.0 Å². The van der Waals surface area contributed by atoms with Gasteiger partial charge in [-0.1, -0.05) is 47.1 Å². The molecule has 0 saturated carbocycles. The van der Waals surface area contributed by atoms with Crippen molar-refractivity contribution in [2.24, 2.45) is 4.99 Å². The number of hydrogen-bond donors (Lipinski definition) is 2. The largest absolute Gasteiger partial charge is 0.506 e. The monoisotopic (exact) mass is 507 g/mol. The molecule has 2 aromatic carbocycles.